The maximum Gasteiger partial charge on any atom is 0.315 e. The number of urea groups is 1. The van der Waals surface area contributed by atoms with Crippen molar-refractivity contribution >= 4 is 23.6 Å². The molecule has 6 heteroatoms. The van der Waals surface area contributed by atoms with Crippen LogP contribution in [-0.2, 0) is 10.3 Å². The van der Waals surface area contributed by atoms with Crippen molar-refractivity contribution in [1.29, 1.82) is 0 Å². The SMILES string of the molecule is O=C(O)CCCNC(=O)NC1(c2cccc(Cl)c2)CCCC1. The van der Waals surface area contributed by atoms with Gasteiger partial charge < -0.3 is 15.7 Å². The monoisotopic (exact) mass is 324 g/mol. The Morgan fingerprint density at radius 2 is 2.00 bits per heavy atom. The van der Waals surface area contributed by atoms with Crippen molar-refractivity contribution in [3.63, 3.8) is 0 Å². The fourth-order valence-corrected chi connectivity index (χ4v) is 3.14. The molecule has 120 valence electrons. The minimum Gasteiger partial charge on any atom is -0.481 e. The molecule has 1 aliphatic rings. The van der Waals surface area contributed by atoms with Gasteiger partial charge in [0, 0.05) is 18.0 Å². The number of nitrogens with one attached hydrogen (secondary N) is 2. The normalized spacial score (nSPS) is 16.2. The molecule has 3 N–H and O–H groups in total. The summed E-state index contributed by atoms with van der Waals surface area (Å²) in [6, 6.07) is 7.34. The van der Waals surface area contributed by atoms with Crippen LogP contribution in [0.25, 0.3) is 0 Å². The topological polar surface area (TPSA) is 78.4 Å². The fraction of sp³-hybridized carbons (Fsp3) is 0.500. The van der Waals surface area contributed by atoms with Gasteiger partial charge in [-0.15, -0.1) is 0 Å². The Labute approximate surface area is 135 Å². The Hall–Kier alpha value is -1.75. The highest BCUT2D eigenvalue weighted by Crippen LogP contribution is 2.39. The van der Waals surface area contributed by atoms with Gasteiger partial charge >= 0.3 is 12.0 Å². The molecular formula is C16H21ClN2O3. The Balaban J connectivity index is 1.97. The van der Waals surface area contributed by atoms with E-state index in [1.165, 1.54) is 0 Å². The van der Waals surface area contributed by atoms with E-state index in [0.717, 1.165) is 31.2 Å². The molecule has 0 aliphatic heterocycles. The third-order valence-electron chi connectivity index (χ3n) is 4.04. The molecule has 2 amide bonds. The van der Waals surface area contributed by atoms with E-state index in [4.69, 9.17) is 16.7 Å². The quantitative estimate of drug-likeness (QED) is 0.703. The van der Waals surface area contributed by atoms with Gasteiger partial charge in [-0.3, -0.25) is 4.79 Å². The maximum atomic E-state index is 12.1. The summed E-state index contributed by atoms with van der Waals surface area (Å²) in [5, 5.41) is 15.0. The number of carbonyl (C=O) groups excluding carboxylic acids is 1. The number of hydrogen-bond donors (Lipinski definition) is 3. The van der Waals surface area contributed by atoms with Crippen LogP contribution in [0.2, 0.25) is 5.02 Å². The smallest absolute Gasteiger partial charge is 0.315 e. The fourth-order valence-electron chi connectivity index (χ4n) is 2.95. The number of rotatable bonds is 6. The predicted molar refractivity (Wildman–Crippen MR) is 85.0 cm³/mol. The van der Waals surface area contributed by atoms with E-state index in [-0.39, 0.29) is 18.0 Å². The third-order valence-corrected chi connectivity index (χ3v) is 4.28. The number of benzene rings is 1. The molecule has 0 heterocycles. The van der Waals surface area contributed by atoms with Crippen molar-refractivity contribution in [2.75, 3.05) is 6.54 Å². The summed E-state index contributed by atoms with van der Waals surface area (Å²) in [6.45, 7) is 0.351. The predicted octanol–water partition coefficient (Wildman–Crippen LogP) is 3.27. The summed E-state index contributed by atoms with van der Waals surface area (Å²) in [6.07, 6.45) is 4.37. The minimum absolute atomic E-state index is 0.0553. The van der Waals surface area contributed by atoms with Crippen LogP contribution in [0.15, 0.2) is 24.3 Å². The first-order valence-corrected chi connectivity index (χ1v) is 7.93. The largest absolute Gasteiger partial charge is 0.481 e. The number of carboxylic acid groups (broad SMARTS) is 1. The van der Waals surface area contributed by atoms with E-state index >= 15 is 0 Å². The maximum absolute atomic E-state index is 12.1. The Morgan fingerprint density at radius 1 is 1.27 bits per heavy atom. The van der Waals surface area contributed by atoms with Crippen molar-refractivity contribution in [3.8, 4) is 0 Å². The molecule has 0 saturated heterocycles. The van der Waals surface area contributed by atoms with Gasteiger partial charge in [-0.1, -0.05) is 36.6 Å². The lowest BCUT2D eigenvalue weighted by atomic mass is 9.88. The number of carboxylic acids is 1. The molecular weight excluding hydrogens is 304 g/mol. The van der Waals surface area contributed by atoms with Crippen molar-refractivity contribution < 1.29 is 14.7 Å². The van der Waals surface area contributed by atoms with Crippen molar-refractivity contribution in [2.45, 2.75) is 44.1 Å². The zero-order valence-corrected chi connectivity index (χ0v) is 13.2. The average molecular weight is 325 g/mol. The molecule has 1 fully saturated rings. The van der Waals surface area contributed by atoms with Crippen LogP contribution in [-0.4, -0.2) is 23.7 Å². The summed E-state index contributed by atoms with van der Waals surface area (Å²) in [7, 11) is 0. The van der Waals surface area contributed by atoms with E-state index < -0.39 is 5.97 Å². The van der Waals surface area contributed by atoms with Crippen molar-refractivity contribution in [3.05, 3.63) is 34.9 Å². The molecule has 1 aromatic rings. The lowest BCUT2D eigenvalue weighted by Crippen LogP contribution is -2.48. The summed E-state index contributed by atoms with van der Waals surface area (Å²) in [4.78, 5) is 22.6. The average Bonchev–Trinajstić information content (AvgIpc) is 2.93. The second-order valence-corrected chi connectivity index (χ2v) is 6.11. The Kier molecular flexibility index (Phi) is 5.66. The number of amides is 2. The van der Waals surface area contributed by atoms with E-state index in [1.807, 2.05) is 24.3 Å². The molecule has 0 unspecified atom stereocenters. The number of carbonyl (C=O) groups is 2. The highest BCUT2D eigenvalue weighted by atomic mass is 35.5. The molecule has 22 heavy (non-hydrogen) atoms. The zero-order chi connectivity index (χ0) is 16.0. The summed E-state index contributed by atoms with van der Waals surface area (Å²) in [5.74, 6) is -0.853. The molecule has 5 nitrogen and oxygen atoms in total. The zero-order valence-electron chi connectivity index (χ0n) is 12.4. The Morgan fingerprint density at radius 3 is 2.64 bits per heavy atom. The standard InChI is InChI=1S/C16H21ClN2O3/c17-13-6-3-5-12(11-13)16(8-1-2-9-16)19-15(22)18-10-4-7-14(20)21/h3,5-6,11H,1-2,4,7-10H2,(H,20,21)(H2,18,19,22). The van der Waals surface area contributed by atoms with Crippen LogP contribution in [0.4, 0.5) is 4.79 Å². The molecule has 0 radical (unpaired) electrons. The van der Waals surface area contributed by atoms with Crippen LogP contribution in [0.3, 0.4) is 0 Å². The summed E-state index contributed by atoms with van der Waals surface area (Å²) >= 11 is 6.07. The van der Waals surface area contributed by atoms with Crippen molar-refractivity contribution in [2.24, 2.45) is 0 Å². The molecule has 1 aromatic carbocycles. The summed E-state index contributed by atoms with van der Waals surface area (Å²) < 4.78 is 0. The lowest BCUT2D eigenvalue weighted by Gasteiger charge is -2.31. The lowest BCUT2D eigenvalue weighted by molar-refractivity contribution is -0.137. The first-order valence-electron chi connectivity index (χ1n) is 7.56. The molecule has 1 aliphatic carbocycles. The molecule has 0 atom stereocenters. The second-order valence-electron chi connectivity index (χ2n) is 5.68. The number of halogens is 1. The van der Waals surface area contributed by atoms with Gasteiger partial charge in [0.15, 0.2) is 0 Å². The summed E-state index contributed by atoms with van der Waals surface area (Å²) in [5.41, 5.74) is 0.653. The third kappa shape index (κ3) is 4.37. The van der Waals surface area contributed by atoms with Crippen molar-refractivity contribution in [1.82, 2.24) is 10.6 Å². The van der Waals surface area contributed by atoms with Crippen LogP contribution in [0.5, 0.6) is 0 Å². The molecule has 0 bridgehead atoms. The van der Waals surface area contributed by atoms with Crippen LogP contribution in [0, 0.1) is 0 Å². The molecule has 0 spiro atoms. The van der Waals surface area contributed by atoms with Gasteiger partial charge in [0.25, 0.3) is 0 Å². The first-order chi connectivity index (χ1) is 10.5. The van der Waals surface area contributed by atoms with E-state index in [1.54, 1.807) is 0 Å². The van der Waals surface area contributed by atoms with Gasteiger partial charge in [-0.25, -0.2) is 4.79 Å². The number of aliphatic carboxylic acids is 1. The van der Waals surface area contributed by atoms with E-state index in [9.17, 15) is 9.59 Å². The second kappa shape index (κ2) is 7.49. The van der Waals surface area contributed by atoms with E-state index in [2.05, 4.69) is 10.6 Å². The minimum atomic E-state index is -0.853. The molecule has 0 aromatic heterocycles. The van der Waals surface area contributed by atoms with Crippen LogP contribution >= 0.6 is 11.6 Å². The van der Waals surface area contributed by atoms with Gasteiger partial charge in [-0.2, -0.15) is 0 Å². The van der Waals surface area contributed by atoms with Gasteiger partial charge in [0.2, 0.25) is 0 Å². The molecule has 2 rings (SSSR count). The van der Waals surface area contributed by atoms with Gasteiger partial charge in [-0.05, 0) is 37.0 Å². The van der Waals surface area contributed by atoms with Gasteiger partial charge in [0.1, 0.15) is 0 Å². The highest BCUT2D eigenvalue weighted by molar-refractivity contribution is 6.30. The van der Waals surface area contributed by atoms with Crippen LogP contribution in [0.1, 0.15) is 44.1 Å². The Bertz CT molecular complexity index is 542. The van der Waals surface area contributed by atoms with Gasteiger partial charge in [0.05, 0.1) is 5.54 Å². The van der Waals surface area contributed by atoms with Crippen LogP contribution < -0.4 is 10.6 Å². The highest BCUT2D eigenvalue weighted by Gasteiger charge is 2.37. The van der Waals surface area contributed by atoms with E-state index in [0.29, 0.717) is 18.0 Å². The number of hydrogen-bond acceptors (Lipinski definition) is 2. The molecule has 1 saturated carbocycles. The first kappa shape index (κ1) is 16.6.